The van der Waals surface area contributed by atoms with Gasteiger partial charge >= 0.3 is 0 Å². The molecule has 2 aromatic heterocycles. The van der Waals surface area contributed by atoms with Crippen molar-refractivity contribution < 1.29 is 0 Å². The van der Waals surface area contributed by atoms with Crippen LogP contribution in [0.3, 0.4) is 0 Å². The highest BCUT2D eigenvalue weighted by molar-refractivity contribution is 5.55. The predicted octanol–water partition coefficient (Wildman–Crippen LogP) is 4.74. The van der Waals surface area contributed by atoms with Crippen molar-refractivity contribution in [2.75, 3.05) is 0 Å². The van der Waals surface area contributed by atoms with Crippen LogP contribution in [0, 0.1) is 0 Å². The number of unbranched alkanes of at least 4 members (excludes halogenated alkanes) is 3. The SMILES string of the molecule is CCCCCCc1cccnc1N=C=Nc1ccccn1. The zero-order chi connectivity index (χ0) is 14.8. The Morgan fingerprint density at radius 2 is 1.86 bits per heavy atom. The Morgan fingerprint density at radius 3 is 2.67 bits per heavy atom. The normalized spacial score (nSPS) is 9.95. The summed E-state index contributed by atoms with van der Waals surface area (Å²) in [5.74, 6) is 1.30. The summed E-state index contributed by atoms with van der Waals surface area (Å²) in [6.45, 7) is 2.22. The van der Waals surface area contributed by atoms with Gasteiger partial charge in [0, 0.05) is 12.4 Å². The van der Waals surface area contributed by atoms with Crippen LogP contribution in [0.25, 0.3) is 0 Å². The highest BCUT2D eigenvalue weighted by Gasteiger charge is 2.01. The molecule has 0 amide bonds. The van der Waals surface area contributed by atoms with Crippen molar-refractivity contribution in [1.29, 1.82) is 0 Å². The second kappa shape index (κ2) is 8.77. The highest BCUT2D eigenvalue weighted by atomic mass is 15.0. The Morgan fingerprint density at radius 1 is 0.952 bits per heavy atom. The number of hydrogen-bond acceptors (Lipinski definition) is 4. The first-order valence-corrected chi connectivity index (χ1v) is 7.41. The maximum Gasteiger partial charge on any atom is 0.166 e. The van der Waals surface area contributed by atoms with E-state index in [0.29, 0.717) is 11.6 Å². The lowest BCUT2D eigenvalue weighted by atomic mass is 10.1. The van der Waals surface area contributed by atoms with Gasteiger partial charge in [0.1, 0.15) is 6.01 Å². The number of aryl methyl sites for hydroxylation is 1. The predicted molar refractivity (Wildman–Crippen MR) is 85.5 cm³/mol. The lowest BCUT2D eigenvalue weighted by molar-refractivity contribution is 0.666. The van der Waals surface area contributed by atoms with E-state index in [1.165, 1.54) is 25.7 Å². The minimum absolute atomic E-state index is 0.599. The fourth-order valence-corrected chi connectivity index (χ4v) is 2.01. The molecule has 0 aliphatic rings. The van der Waals surface area contributed by atoms with Crippen LogP contribution in [0.2, 0.25) is 0 Å². The monoisotopic (exact) mass is 280 g/mol. The van der Waals surface area contributed by atoms with E-state index in [1.54, 1.807) is 12.4 Å². The number of aromatic nitrogens is 2. The van der Waals surface area contributed by atoms with Crippen LogP contribution in [0.4, 0.5) is 11.6 Å². The number of rotatable bonds is 7. The van der Waals surface area contributed by atoms with Crippen LogP contribution in [-0.2, 0) is 6.42 Å². The van der Waals surface area contributed by atoms with E-state index in [4.69, 9.17) is 0 Å². The van der Waals surface area contributed by atoms with E-state index < -0.39 is 0 Å². The van der Waals surface area contributed by atoms with Gasteiger partial charge in [0.2, 0.25) is 0 Å². The maximum atomic E-state index is 4.30. The smallest absolute Gasteiger partial charge is 0.166 e. The zero-order valence-electron chi connectivity index (χ0n) is 12.4. The van der Waals surface area contributed by atoms with Crippen LogP contribution >= 0.6 is 0 Å². The molecule has 0 aliphatic heterocycles. The second-order valence-corrected chi connectivity index (χ2v) is 4.81. The van der Waals surface area contributed by atoms with E-state index in [0.717, 1.165) is 12.0 Å². The van der Waals surface area contributed by atoms with E-state index in [9.17, 15) is 0 Å². The summed E-state index contributed by atoms with van der Waals surface area (Å²) in [6, 6.07) is 12.2. The third-order valence-electron chi connectivity index (χ3n) is 3.14. The van der Waals surface area contributed by atoms with Crippen LogP contribution in [0.15, 0.2) is 52.7 Å². The van der Waals surface area contributed by atoms with Crippen LogP contribution in [0.1, 0.15) is 38.2 Å². The molecule has 0 radical (unpaired) electrons. The van der Waals surface area contributed by atoms with Crippen molar-refractivity contribution in [3.63, 3.8) is 0 Å². The van der Waals surface area contributed by atoms with Gasteiger partial charge < -0.3 is 0 Å². The summed E-state index contributed by atoms with van der Waals surface area (Å²) in [5, 5.41) is 0. The molecule has 4 nitrogen and oxygen atoms in total. The average Bonchev–Trinajstić information content (AvgIpc) is 2.54. The Hall–Kier alpha value is -2.32. The Labute approximate surface area is 125 Å². The molecular weight excluding hydrogens is 260 g/mol. The van der Waals surface area contributed by atoms with Gasteiger partial charge in [0.05, 0.1) is 0 Å². The minimum atomic E-state index is 0.599. The molecule has 0 bridgehead atoms. The van der Waals surface area contributed by atoms with Crippen molar-refractivity contribution >= 4 is 17.6 Å². The minimum Gasteiger partial charge on any atom is -0.236 e. The van der Waals surface area contributed by atoms with E-state index in [1.807, 2.05) is 24.3 Å². The molecule has 0 N–H and O–H groups in total. The molecule has 4 heteroatoms. The first-order chi connectivity index (χ1) is 10.4. The number of aliphatic imine (C=N–C) groups is 2. The summed E-state index contributed by atoms with van der Waals surface area (Å²) in [7, 11) is 0. The van der Waals surface area contributed by atoms with Crippen molar-refractivity contribution in [2.24, 2.45) is 9.98 Å². The molecular formula is C17H20N4. The van der Waals surface area contributed by atoms with Gasteiger partial charge in [-0.3, -0.25) is 0 Å². The molecule has 108 valence electrons. The molecule has 2 heterocycles. The van der Waals surface area contributed by atoms with E-state index >= 15 is 0 Å². The van der Waals surface area contributed by atoms with Gasteiger partial charge in [0.25, 0.3) is 0 Å². The molecule has 0 aromatic carbocycles. The van der Waals surface area contributed by atoms with Gasteiger partial charge in [-0.15, -0.1) is 0 Å². The Balaban J connectivity index is 2.04. The van der Waals surface area contributed by atoms with Crippen molar-refractivity contribution in [1.82, 2.24) is 9.97 Å². The lowest BCUT2D eigenvalue weighted by Crippen LogP contribution is -1.88. The van der Waals surface area contributed by atoms with Crippen molar-refractivity contribution in [3.05, 3.63) is 48.3 Å². The molecule has 0 atom stereocenters. The Kier molecular flexibility index (Phi) is 6.30. The summed E-state index contributed by atoms with van der Waals surface area (Å²) in [6.07, 6.45) is 9.37. The van der Waals surface area contributed by atoms with Gasteiger partial charge in [-0.05, 0) is 36.6 Å². The molecule has 0 fully saturated rings. The molecule has 2 aromatic rings. The van der Waals surface area contributed by atoms with Gasteiger partial charge in [0.15, 0.2) is 11.6 Å². The molecule has 21 heavy (non-hydrogen) atoms. The molecule has 0 saturated carbocycles. The third kappa shape index (κ3) is 5.28. The van der Waals surface area contributed by atoms with Crippen molar-refractivity contribution in [3.8, 4) is 0 Å². The second-order valence-electron chi connectivity index (χ2n) is 4.81. The van der Waals surface area contributed by atoms with Gasteiger partial charge in [-0.2, -0.15) is 9.98 Å². The molecule has 2 rings (SSSR count). The molecule has 0 unspecified atom stereocenters. The number of pyridine rings is 2. The third-order valence-corrected chi connectivity index (χ3v) is 3.14. The number of hydrogen-bond donors (Lipinski definition) is 0. The fourth-order valence-electron chi connectivity index (χ4n) is 2.01. The van der Waals surface area contributed by atoms with Crippen LogP contribution < -0.4 is 0 Å². The summed E-state index contributed by atoms with van der Waals surface area (Å²) in [4.78, 5) is 16.7. The Bertz CT molecular complexity index is 601. The highest BCUT2D eigenvalue weighted by Crippen LogP contribution is 2.17. The molecule has 0 saturated heterocycles. The average molecular weight is 280 g/mol. The van der Waals surface area contributed by atoms with E-state index in [-0.39, 0.29) is 0 Å². The van der Waals surface area contributed by atoms with Crippen LogP contribution in [0.5, 0.6) is 0 Å². The van der Waals surface area contributed by atoms with Crippen LogP contribution in [-0.4, -0.2) is 16.0 Å². The maximum absolute atomic E-state index is 4.30. The first-order valence-electron chi connectivity index (χ1n) is 7.41. The first kappa shape index (κ1) is 15.1. The number of nitrogens with zero attached hydrogens (tertiary/aromatic N) is 4. The topological polar surface area (TPSA) is 50.5 Å². The largest absolute Gasteiger partial charge is 0.236 e. The van der Waals surface area contributed by atoms with Crippen molar-refractivity contribution in [2.45, 2.75) is 39.0 Å². The summed E-state index contributed by atoms with van der Waals surface area (Å²) < 4.78 is 0. The fraction of sp³-hybridized carbons (Fsp3) is 0.353. The quantitative estimate of drug-likeness (QED) is 0.543. The zero-order valence-corrected chi connectivity index (χ0v) is 12.4. The molecule has 0 aliphatic carbocycles. The lowest BCUT2D eigenvalue weighted by Gasteiger charge is -2.02. The molecule has 0 spiro atoms. The van der Waals surface area contributed by atoms with Gasteiger partial charge in [-0.25, -0.2) is 9.97 Å². The standard InChI is InChI=1S/C17H20N4/c1-2-3-4-5-9-15-10-8-13-19-17(15)21-14-20-16-11-6-7-12-18-16/h6-8,10-13H,2-5,9H2,1H3. The summed E-state index contributed by atoms with van der Waals surface area (Å²) >= 11 is 0. The summed E-state index contributed by atoms with van der Waals surface area (Å²) in [5.41, 5.74) is 1.15. The van der Waals surface area contributed by atoms with E-state index in [2.05, 4.69) is 39.0 Å². The van der Waals surface area contributed by atoms with Gasteiger partial charge in [-0.1, -0.05) is 38.3 Å².